The van der Waals surface area contributed by atoms with Crippen molar-refractivity contribution < 1.29 is 9.47 Å². The fourth-order valence-electron chi connectivity index (χ4n) is 3.71. The Kier molecular flexibility index (Phi) is 4.98. The molecule has 30 heavy (non-hydrogen) atoms. The lowest BCUT2D eigenvalue weighted by Gasteiger charge is -2.27. The van der Waals surface area contributed by atoms with Gasteiger partial charge in [-0.25, -0.2) is 0 Å². The van der Waals surface area contributed by atoms with Gasteiger partial charge in [-0.05, 0) is 36.2 Å². The summed E-state index contributed by atoms with van der Waals surface area (Å²) < 4.78 is 12.7. The van der Waals surface area contributed by atoms with Gasteiger partial charge in [-0.2, -0.15) is 5.26 Å². The highest BCUT2D eigenvalue weighted by Crippen LogP contribution is 2.41. The number of fused-ring (bicyclic) bond motifs is 1. The van der Waals surface area contributed by atoms with Gasteiger partial charge < -0.3 is 19.8 Å². The third-order valence-corrected chi connectivity index (χ3v) is 5.18. The number of benzene rings is 1. The van der Waals surface area contributed by atoms with Crippen molar-refractivity contribution in [2.45, 2.75) is 19.4 Å². The molecule has 0 radical (unpaired) electrons. The number of aryl methyl sites for hydroxylation is 1. The molecule has 0 aliphatic carbocycles. The number of pyridine rings is 2. The van der Waals surface area contributed by atoms with Gasteiger partial charge >= 0.3 is 0 Å². The molecule has 2 aromatic heterocycles. The molecule has 0 amide bonds. The van der Waals surface area contributed by atoms with Crippen LogP contribution in [0.5, 0.6) is 11.5 Å². The van der Waals surface area contributed by atoms with Crippen molar-refractivity contribution in [3.63, 3.8) is 0 Å². The molecule has 7 nitrogen and oxygen atoms in total. The zero-order valence-corrected chi connectivity index (χ0v) is 16.6. The van der Waals surface area contributed by atoms with Crippen LogP contribution in [0.25, 0.3) is 0 Å². The number of rotatable bonds is 4. The monoisotopic (exact) mass is 400 g/mol. The van der Waals surface area contributed by atoms with Crippen molar-refractivity contribution in [1.82, 2.24) is 9.55 Å². The number of nitrogens with two attached hydrogens (primary N) is 1. The first-order valence-corrected chi connectivity index (χ1v) is 9.38. The van der Waals surface area contributed by atoms with E-state index in [2.05, 4.69) is 11.1 Å². The van der Waals surface area contributed by atoms with Crippen LogP contribution in [0, 0.1) is 18.3 Å². The maximum absolute atomic E-state index is 13.6. The minimum atomic E-state index is -0.651. The minimum Gasteiger partial charge on any atom is -0.497 e. The van der Waals surface area contributed by atoms with Crippen LogP contribution in [-0.4, -0.2) is 16.7 Å². The highest BCUT2D eigenvalue weighted by Gasteiger charge is 2.34. The van der Waals surface area contributed by atoms with Crippen molar-refractivity contribution in [2.24, 2.45) is 5.73 Å². The summed E-state index contributed by atoms with van der Waals surface area (Å²) in [6, 6.07) is 14.9. The third kappa shape index (κ3) is 3.29. The molecule has 150 valence electrons. The molecule has 2 N–H and O–H groups in total. The van der Waals surface area contributed by atoms with E-state index in [1.54, 1.807) is 42.3 Å². The Bertz CT molecular complexity index is 1240. The van der Waals surface area contributed by atoms with E-state index >= 15 is 0 Å². The molecule has 4 rings (SSSR count). The molecule has 1 aromatic carbocycles. The first kappa shape index (κ1) is 19.3. The fourth-order valence-corrected chi connectivity index (χ4v) is 3.71. The zero-order chi connectivity index (χ0) is 21.3. The number of aromatic nitrogens is 2. The van der Waals surface area contributed by atoms with Crippen LogP contribution in [-0.2, 0) is 6.54 Å². The summed E-state index contributed by atoms with van der Waals surface area (Å²) in [5.41, 5.74) is 8.74. The molecule has 0 saturated carbocycles. The van der Waals surface area contributed by atoms with Gasteiger partial charge in [0, 0.05) is 24.2 Å². The summed E-state index contributed by atoms with van der Waals surface area (Å²) in [6.07, 6.45) is 3.41. The van der Waals surface area contributed by atoms with E-state index in [-0.39, 0.29) is 17.0 Å². The lowest BCUT2D eigenvalue weighted by atomic mass is 9.84. The smallest absolute Gasteiger partial charge is 0.259 e. The normalized spacial score (nSPS) is 15.2. The van der Waals surface area contributed by atoms with Gasteiger partial charge in [-0.15, -0.1) is 0 Å². The molecule has 1 atom stereocenters. The Hall–Kier alpha value is -4.05. The topological polar surface area (TPSA) is 103 Å². The van der Waals surface area contributed by atoms with Gasteiger partial charge in [0.2, 0.25) is 5.88 Å². The summed E-state index contributed by atoms with van der Waals surface area (Å²) in [6.45, 7) is 2.19. The van der Waals surface area contributed by atoms with Gasteiger partial charge in [0.1, 0.15) is 23.1 Å². The molecule has 3 aromatic rings. The van der Waals surface area contributed by atoms with Crippen LogP contribution in [0.1, 0.15) is 28.3 Å². The van der Waals surface area contributed by atoms with Crippen LogP contribution in [0.3, 0.4) is 0 Å². The Morgan fingerprint density at radius 1 is 1.30 bits per heavy atom. The maximum Gasteiger partial charge on any atom is 0.259 e. The quantitative estimate of drug-likeness (QED) is 0.722. The van der Waals surface area contributed by atoms with E-state index < -0.39 is 5.92 Å². The molecule has 3 heterocycles. The number of allylic oxidation sites excluding steroid dienone is 1. The van der Waals surface area contributed by atoms with Crippen molar-refractivity contribution >= 4 is 0 Å². The molecule has 1 aliphatic rings. The van der Waals surface area contributed by atoms with Crippen LogP contribution in [0.4, 0.5) is 0 Å². The SMILES string of the molecule is COc1cccc([C@H]2C(C#N)=C(N)Oc3cc(C)n(Cc4cccnc4)c(=O)c32)c1. The molecular formula is C23H20N4O3. The van der Waals surface area contributed by atoms with Crippen LogP contribution >= 0.6 is 0 Å². The van der Waals surface area contributed by atoms with E-state index in [1.165, 1.54) is 0 Å². The number of nitriles is 1. The van der Waals surface area contributed by atoms with Crippen molar-refractivity contribution in [2.75, 3.05) is 7.11 Å². The Labute approximate surface area is 173 Å². The Balaban J connectivity index is 1.93. The number of hydrogen-bond acceptors (Lipinski definition) is 6. The number of nitrogens with zero attached hydrogens (tertiary/aromatic N) is 3. The summed E-state index contributed by atoms with van der Waals surface area (Å²) >= 11 is 0. The summed E-state index contributed by atoms with van der Waals surface area (Å²) in [7, 11) is 1.57. The third-order valence-electron chi connectivity index (χ3n) is 5.18. The number of hydrogen-bond donors (Lipinski definition) is 1. The van der Waals surface area contributed by atoms with Gasteiger partial charge in [0.05, 0.1) is 25.1 Å². The molecule has 0 spiro atoms. The molecule has 0 saturated heterocycles. The summed E-state index contributed by atoms with van der Waals surface area (Å²) in [4.78, 5) is 17.7. The van der Waals surface area contributed by atoms with Gasteiger partial charge in [0.15, 0.2) is 0 Å². The summed E-state index contributed by atoms with van der Waals surface area (Å²) in [5, 5.41) is 9.78. The second kappa shape index (κ2) is 7.76. The van der Waals surface area contributed by atoms with Crippen LogP contribution in [0.15, 0.2) is 71.1 Å². The molecule has 1 aliphatic heterocycles. The van der Waals surface area contributed by atoms with Gasteiger partial charge in [-0.1, -0.05) is 18.2 Å². The van der Waals surface area contributed by atoms with E-state index in [9.17, 15) is 10.1 Å². The first-order chi connectivity index (χ1) is 14.5. The molecule has 0 unspecified atom stereocenters. The van der Waals surface area contributed by atoms with Crippen LogP contribution < -0.4 is 20.8 Å². The second-order valence-corrected chi connectivity index (χ2v) is 7.02. The lowest BCUT2D eigenvalue weighted by molar-refractivity contribution is 0.388. The predicted octanol–water partition coefficient (Wildman–Crippen LogP) is 2.83. The van der Waals surface area contributed by atoms with Gasteiger partial charge in [-0.3, -0.25) is 9.78 Å². The fraction of sp³-hybridized carbons (Fsp3) is 0.174. The largest absolute Gasteiger partial charge is 0.497 e. The van der Waals surface area contributed by atoms with E-state index in [4.69, 9.17) is 15.2 Å². The van der Waals surface area contributed by atoms with Gasteiger partial charge in [0.25, 0.3) is 5.56 Å². The first-order valence-electron chi connectivity index (χ1n) is 9.38. The molecular weight excluding hydrogens is 380 g/mol. The number of ether oxygens (including phenoxy) is 2. The van der Waals surface area contributed by atoms with E-state index in [0.717, 1.165) is 16.8 Å². The second-order valence-electron chi connectivity index (χ2n) is 7.02. The standard InChI is InChI=1S/C23H20N4O3/c1-14-9-19-21(23(28)27(14)13-15-5-4-8-26-12-15)20(18(11-24)22(25)30-19)16-6-3-7-17(10-16)29-2/h3-10,12,20H,13,25H2,1-2H3/t20-/m0/s1. The van der Waals surface area contributed by atoms with Crippen LogP contribution in [0.2, 0.25) is 0 Å². The predicted molar refractivity (Wildman–Crippen MR) is 111 cm³/mol. The average Bonchev–Trinajstić information content (AvgIpc) is 2.76. The van der Waals surface area contributed by atoms with Crippen molar-refractivity contribution in [1.29, 1.82) is 5.26 Å². The molecule has 7 heteroatoms. The average molecular weight is 400 g/mol. The highest BCUT2D eigenvalue weighted by atomic mass is 16.5. The Morgan fingerprint density at radius 2 is 2.13 bits per heavy atom. The number of methoxy groups -OCH3 is 1. The van der Waals surface area contributed by atoms with E-state index in [0.29, 0.717) is 23.6 Å². The van der Waals surface area contributed by atoms with E-state index in [1.807, 2.05) is 31.2 Å². The highest BCUT2D eigenvalue weighted by molar-refractivity contribution is 5.56. The zero-order valence-electron chi connectivity index (χ0n) is 16.6. The van der Waals surface area contributed by atoms with Crippen molar-refractivity contribution in [3.8, 4) is 17.6 Å². The van der Waals surface area contributed by atoms with Crippen molar-refractivity contribution in [3.05, 3.63) is 99.1 Å². The maximum atomic E-state index is 13.6. The summed E-state index contributed by atoms with van der Waals surface area (Å²) in [5.74, 6) is 0.340. The molecule has 0 bridgehead atoms. The lowest BCUT2D eigenvalue weighted by Crippen LogP contribution is -2.33. The Morgan fingerprint density at radius 3 is 2.83 bits per heavy atom. The minimum absolute atomic E-state index is 0.00151. The molecule has 0 fully saturated rings.